The number of aliphatic hydroxyl groups is 1. The summed E-state index contributed by atoms with van der Waals surface area (Å²) in [7, 11) is 1.47. The number of allylic oxidation sites excluding steroid dienone is 1. The van der Waals surface area contributed by atoms with Crippen LogP contribution >= 0.6 is 0 Å². The molecule has 0 radical (unpaired) electrons. The number of phenols is 2. The van der Waals surface area contributed by atoms with Crippen molar-refractivity contribution in [1.29, 1.82) is 0 Å². The van der Waals surface area contributed by atoms with Crippen molar-refractivity contribution in [2.24, 2.45) is 5.92 Å². The maximum Gasteiger partial charge on any atom is 0.180 e. The Morgan fingerprint density at radius 2 is 2.13 bits per heavy atom. The van der Waals surface area contributed by atoms with Crippen LogP contribution in [0.4, 0.5) is 0 Å². The van der Waals surface area contributed by atoms with E-state index >= 15 is 0 Å². The van der Waals surface area contributed by atoms with E-state index in [9.17, 15) is 20.1 Å². The molecule has 0 bridgehead atoms. The lowest BCUT2D eigenvalue weighted by atomic mass is 9.86. The molecule has 2 rings (SSSR count). The van der Waals surface area contributed by atoms with Gasteiger partial charge in [-0.25, -0.2) is 0 Å². The van der Waals surface area contributed by atoms with Crippen molar-refractivity contribution in [1.82, 2.24) is 0 Å². The Kier molecular flexibility index (Phi) is 5.76. The normalized spacial score (nSPS) is 26.4. The van der Waals surface area contributed by atoms with Gasteiger partial charge in [-0.05, 0) is 36.6 Å². The molecular formula is C17H22O6. The molecule has 0 amide bonds. The first kappa shape index (κ1) is 17.5. The fourth-order valence-electron chi connectivity index (χ4n) is 2.76. The van der Waals surface area contributed by atoms with Gasteiger partial charge in [-0.15, -0.1) is 0 Å². The summed E-state index contributed by atoms with van der Waals surface area (Å²) in [6.45, 7) is 1.76. The molecule has 1 heterocycles. The van der Waals surface area contributed by atoms with Crippen molar-refractivity contribution in [3.63, 3.8) is 0 Å². The molecule has 1 fully saturated rings. The summed E-state index contributed by atoms with van der Waals surface area (Å²) in [5, 5.41) is 28.7. The molecule has 0 aliphatic carbocycles. The predicted molar refractivity (Wildman–Crippen MR) is 82.9 cm³/mol. The summed E-state index contributed by atoms with van der Waals surface area (Å²) in [6.07, 6.45) is 1.02. The Hall–Kier alpha value is -1.89. The van der Waals surface area contributed by atoms with E-state index in [0.717, 1.165) is 5.56 Å². The number of benzene rings is 1. The van der Waals surface area contributed by atoms with Crippen molar-refractivity contribution in [3.8, 4) is 11.5 Å². The number of hydrogen-bond donors (Lipinski definition) is 3. The number of phenolic OH excluding ortho intramolecular Hbond substituents is 2. The lowest BCUT2D eigenvalue weighted by molar-refractivity contribution is -0.229. The third-order valence-corrected chi connectivity index (χ3v) is 4.08. The van der Waals surface area contributed by atoms with Gasteiger partial charge in [0.15, 0.2) is 24.1 Å². The highest BCUT2D eigenvalue weighted by atomic mass is 16.7. The van der Waals surface area contributed by atoms with Gasteiger partial charge >= 0.3 is 0 Å². The molecule has 0 spiro atoms. The SMILES string of the molecule is C/C=C1\[C@@H](C(=O)CCc2ccc(O)c(O)c2)C[C@@H](OC)O[C@@H]1O. The van der Waals surface area contributed by atoms with Crippen LogP contribution in [0.15, 0.2) is 29.8 Å². The second-order valence-electron chi connectivity index (χ2n) is 5.52. The van der Waals surface area contributed by atoms with Crippen LogP contribution in [0.5, 0.6) is 11.5 Å². The van der Waals surface area contributed by atoms with E-state index in [4.69, 9.17) is 9.47 Å². The number of aromatic hydroxyl groups is 2. The Bertz CT molecular complexity index is 595. The quantitative estimate of drug-likeness (QED) is 0.566. The highest BCUT2D eigenvalue weighted by molar-refractivity contribution is 5.84. The third-order valence-electron chi connectivity index (χ3n) is 4.08. The fraction of sp³-hybridized carbons (Fsp3) is 0.471. The van der Waals surface area contributed by atoms with Gasteiger partial charge in [-0.2, -0.15) is 0 Å². The number of ketones is 1. The first-order valence-corrected chi connectivity index (χ1v) is 7.52. The molecule has 0 saturated carbocycles. The van der Waals surface area contributed by atoms with Crippen LogP contribution in [0.3, 0.4) is 0 Å². The number of ether oxygens (including phenoxy) is 2. The zero-order valence-corrected chi connectivity index (χ0v) is 13.2. The summed E-state index contributed by atoms with van der Waals surface area (Å²) in [4.78, 5) is 12.5. The predicted octanol–water partition coefficient (Wildman–Crippen LogP) is 1.87. The molecule has 1 saturated heterocycles. The Morgan fingerprint density at radius 1 is 1.39 bits per heavy atom. The minimum absolute atomic E-state index is 0.0185. The fourth-order valence-corrected chi connectivity index (χ4v) is 2.76. The number of aryl methyl sites for hydroxylation is 1. The molecule has 1 aromatic rings. The molecule has 6 nitrogen and oxygen atoms in total. The molecular weight excluding hydrogens is 300 g/mol. The Balaban J connectivity index is 2.04. The maximum absolute atomic E-state index is 12.5. The van der Waals surface area contributed by atoms with E-state index in [1.165, 1.54) is 19.2 Å². The number of carbonyl (C=O) groups excluding carboxylic acids is 1. The second kappa shape index (κ2) is 7.59. The van der Waals surface area contributed by atoms with Gasteiger partial charge in [0, 0.05) is 25.9 Å². The maximum atomic E-state index is 12.5. The Morgan fingerprint density at radius 3 is 2.74 bits per heavy atom. The topological polar surface area (TPSA) is 96.2 Å². The Labute approximate surface area is 135 Å². The zero-order chi connectivity index (χ0) is 17.0. The first-order chi connectivity index (χ1) is 11.0. The van der Waals surface area contributed by atoms with Crippen LogP contribution in [0.1, 0.15) is 25.3 Å². The van der Waals surface area contributed by atoms with Gasteiger partial charge in [0.25, 0.3) is 0 Å². The smallest absolute Gasteiger partial charge is 0.180 e. The number of aliphatic hydroxyl groups excluding tert-OH is 1. The highest BCUT2D eigenvalue weighted by Crippen LogP contribution is 2.32. The number of Topliss-reactive ketones (excluding diaryl/α,β-unsaturated/α-hetero) is 1. The number of carbonyl (C=O) groups is 1. The summed E-state index contributed by atoms with van der Waals surface area (Å²) < 4.78 is 10.4. The van der Waals surface area contributed by atoms with Crippen molar-refractivity contribution < 1.29 is 29.6 Å². The van der Waals surface area contributed by atoms with Crippen LogP contribution in [0.2, 0.25) is 0 Å². The zero-order valence-electron chi connectivity index (χ0n) is 13.2. The molecule has 126 valence electrons. The standard InChI is InChI=1S/C17H22O6/c1-3-11-12(9-16(22-2)23-17(11)21)13(18)6-4-10-5-7-14(19)15(20)8-10/h3,5,7-8,12,16-17,19-21H,4,6,9H2,1-2H3/b11-3+/t12-,16-,17-/m0/s1. The van der Waals surface area contributed by atoms with Crippen molar-refractivity contribution in [3.05, 3.63) is 35.4 Å². The van der Waals surface area contributed by atoms with E-state index in [-0.39, 0.29) is 23.7 Å². The molecule has 1 aliphatic heterocycles. The average Bonchev–Trinajstić information content (AvgIpc) is 2.54. The molecule has 23 heavy (non-hydrogen) atoms. The van der Waals surface area contributed by atoms with Gasteiger partial charge in [-0.1, -0.05) is 12.1 Å². The molecule has 3 atom stereocenters. The minimum atomic E-state index is -1.13. The summed E-state index contributed by atoms with van der Waals surface area (Å²) in [6, 6.07) is 4.50. The van der Waals surface area contributed by atoms with Crippen molar-refractivity contribution in [2.75, 3.05) is 7.11 Å². The van der Waals surface area contributed by atoms with Crippen LogP contribution in [-0.4, -0.2) is 40.8 Å². The molecule has 3 N–H and O–H groups in total. The molecule has 0 unspecified atom stereocenters. The van der Waals surface area contributed by atoms with E-state index < -0.39 is 18.5 Å². The van der Waals surface area contributed by atoms with Crippen LogP contribution in [0.25, 0.3) is 0 Å². The van der Waals surface area contributed by atoms with Gasteiger partial charge in [0.2, 0.25) is 0 Å². The minimum Gasteiger partial charge on any atom is -0.504 e. The van der Waals surface area contributed by atoms with E-state index in [1.54, 1.807) is 19.1 Å². The second-order valence-corrected chi connectivity index (χ2v) is 5.52. The first-order valence-electron chi connectivity index (χ1n) is 7.52. The summed E-state index contributed by atoms with van der Waals surface area (Å²) in [5.41, 5.74) is 1.31. The number of methoxy groups -OCH3 is 1. The third kappa shape index (κ3) is 4.10. The molecule has 6 heteroatoms. The van der Waals surface area contributed by atoms with E-state index in [1.807, 2.05) is 0 Å². The van der Waals surface area contributed by atoms with Crippen molar-refractivity contribution in [2.45, 2.75) is 38.8 Å². The van der Waals surface area contributed by atoms with Gasteiger partial charge in [-0.3, -0.25) is 4.79 Å². The lowest BCUT2D eigenvalue weighted by Gasteiger charge is -2.33. The average molecular weight is 322 g/mol. The van der Waals surface area contributed by atoms with E-state index in [2.05, 4.69) is 0 Å². The largest absolute Gasteiger partial charge is 0.504 e. The lowest BCUT2D eigenvalue weighted by Crippen LogP contribution is -2.39. The molecule has 1 aromatic carbocycles. The van der Waals surface area contributed by atoms with Gasteiger partial charge < -0.3 is 24.8 Å². The number of rotatable bonds is 5. The monoisotopic (exact) mass is 322 g/mol. The molecule has 0 aromatic heterocycles. The van der Waals surface area contributed by atoms with Crippen molar-refractivity contribution >= 4 is 5.78 Å². The summed E-state index contributed by atoms with van der Waals surface area (Å²) >= 11 is 0. The summed E-state index contributed by atoms with van der Waals surface area (Å²) in [5.74, 6) is -0.855. The van der Waals surface area contributed by atoms with Gasteiger partial charge in [0.05, 0.1) is 0 Å². The van der Waals surface area contributed by atoms with Crippen LogP contribution in [0, 0.1) is 5.92 Å². The van der Waals surface area contributed by atoms with Gasteiger partial charge in [0.1, 0.15) is 5.78 Å². The van der Waals surface area contributed by atoms with Crippen LogP contribution < -0.4 is 0 Å². The highest BCUT2D eigenvalue weighted by Gasteiger charge is 2.36. The number of hydrogen-bond acceptors (Lipinski definition) is 6. The molecule has 1 aliphatic rings. The van der Waals surface area contributed by atoms with E-state index in [0.29, 0.717) is 18.4 Å². The van der Waals surface area contributed by atoms with Crippen LogP contribution in [-0.2, 0) is 20.7 Å².